The van der Waals surface area contributed by atoms with Gasteiger partial charge in [0.1, 0.15) is 5.75 Å². The van der Waals surface area contributed by atoms with E-state index in [2.05, 4.69) is 26.8 Å². The molecule has 2 atom stereocenters. The molecule has 1 radical (unpaired) electrons. The maximum Gasteiger partial charge on any atom is 0.127 e. The standard InChI is InChI=1S/C12H17O/c1-4-10(2)11(3)13-12-8-6-5-7-9-12/h5-8,10-11H,4H2,1-3H3. The SMILES string of the molecule is CCC(C)C(C)Oc1[c]cccc1. The van der Waals surface area contributed by atoms with Crippen LogP contribution in [0.4, 0.5) is 0 Å². The van der Waals surface area contributed by atoms with E-state index in [1.165, 1.54) is 0 Å². The van der Waals surface area contributed by atoms with Gasteiger partial charge in [-0.05, 0) is 18.9 Å². The van der Waals surface area contributed by atoms with Crippen LogP contribution in [0.3, 0.4) is 0 Å². The third-order valence-electron chi connectivity index (χ3n) is 2.44. The Morgan fingerprint density at radius 2 is 2.15 bits per heavy atom. The molecule has 0 aliphatic carbocycles. The van der Waals surface area contributed by atoms with Crippen molar-refractivity contribution in [2.75, 3.05) is 0 Å². The largest absolute Gasteiger partial charge is 0.490 e. The van der Waals surface area contributed by atoms with Gasteiger partial charge >= 0.3 is 0 Å². The summed E-state index contributed by atoms with van der Waals surface area (Å²) >= 11 is 0. The van der Waals surface area contributed by atoms with Crippen molar-refractivity contribution >= 4 is 0 Å². The third kappa shape index (κ3) is 3.10. The smallest absolute Gasteiger partial charge is 0.127 e. The number of hydrogen-bond acceptors (Lipinski definition) is 1. The van der Waals surface area contributed by atoms with Gasteiger partial charge in [-0.3, -0.25) is 0 Å². The number of benzene rings is 1. The molecule has 1 heteroatoms. The van der Waals surface area contributed by atoms with E-state index in [0.717, 1.165) is 12.2 Å². The fourth-order valence-electron chi connectivity index (χ4n) is 1.10. The maximum atomic E-state index is 5.71. The van der Waals surface area contributed by atoms with Gasteiger partial charge in [-0.25, -0.2) is 0 Å². The van der Waals surface area contributed by atoms with Gasteiger partial charge in [-0.1, -0.05) is 38.5 Å². The second-order valence-corrected chi connectivity index (χ2v) is 3.44. The summed E-state index contributed by atoms with van der Waals surface area (Å²) in [5.41, 5.74) is 0. The molecule has 71 valence electrons. The molecular weight excluding hydrogens is 160 g/mol. The average Bonchev–Trinajstić information content (AvgIpc) is 2.18. The molecule has 0 aromatic heterocycles. The highest BCUT2D eigenvalue weighted by Gasteiger charge is 2.10. The Labute approximate surface area is 80.7 Å². The zero-order valence-electron chi connectivity index (χ0n) is 8.58. The van der Waals surface area contributed by atoms with E-state index in [1.807, 2.05) is 24.3 Å². The average molecular weight is 177 g/mol. The van der Waals surface area contributed by atoms with E-state index in [1.54, 1.807) is 0 Å². The molecule has 0 saturated heterocycles. The molecule has 13 heavy (non-hydrogen) atoms. The Morgan fingerprint density at radius 3 is 2.69 bits per heavy atom. The number of rotatable bonds is 4. The fourth-order valence-corrected chi connectivity index (χ4v) is 1.10. The Balaban J connectivity index is 2.50. The molecule has 0 amide bonds. The van der Waals surface area contributed by atoms with E-state index in [4.69, 9.17) is 4.74 Å². The molecule has 0 aliphatic rings. The van der Waals surface area contributed by atoms with E-state index in [-0.39, 0.29) is 6.10 Å². The van der Waals surface area contributed by atoms with Crippen LogP contribution < -0.4 is 4.74 Å². The molecule has 0 saturated carbocycles. The predicted octanol–water partition coefficient (Wildman–Crippen LogP) is 3.30. The van der Waals surface area contributed by atoms with Crippen LogP contribution in [0.25, 0.3) is 0 Å². The summed E-state index contributed by atoms with van der Waals surface area (Å²) in [5.74, 6) is 1.43. The highest BCUT2D eigenvalue weighted by molar-refractivity contribution is 5.19. The Bertz CT molecular complexity index is 230. The first-order valence-electron chi connectivity index (χ1n) is 4.87. The highest BCUT2D eigenvalue weighted by atomic mass is 16.5. The van der Waals surface area contributed by atoms with Crippen molar-refractivity contribution in [2.24, 2.45) is 5.92 Å². The zero-order valence-corrected chi connectivity index (χ0v) is 8.58. The van der Waals surface area contributed by atoms with Crippen molar-refractivity contribution in [3.8, 4) is 5.75 Å². The number of para-hydroxylation sites is 1. The van der Waals surface area contributed by atoms with Crippen LogP contribution in [0.1, 0.15) is 27.2 Å². The molecule has 0 bridgehead atoms. The van der Waals surface area contributed by atoms with Crippen LogP contribution in [0, 0.1) is 12.0 Å². The van der Waals surface area contributed by atoms with Crippen molar-refractivity contribution in [1.29, 1.82) is 0 Å². The Hall–Kier alpha value is -0.980. The normalized spacial score (nSPS) is 15.0. The minimum absolute atomic E-state index is 0.267. The maximum absolute atomic E-state index is 5.71. The van der Waals surface area contributed by atoms with Gasteiger partial charge in [0.2, 0.25) is 0 Å². The summed E-state index contributed by atoms with van der Waals surface area (Å²) in [5, 5.41) is 0. The van der Waals surface area contributed by atoms with E-state index in [9.17, 15) is 0 Å². The Kier molecular flexibility index (Phi) is 3.81. The van der Waals surface area contributed by atoms with Gasteiger partial charge in [0.25, 0.3) is 0 Å². The molecule has 0 aliphatic heterocycles. The number of ether oxygens (including phenoxy) is 1. The molecule has 1 rings (SSSR count). The summed E-state index contributed by atoms with van der Waals surface area (Å²) < 4.78 is 5.71. The Morgan fingerprint density at radius 1 is 1.38 bits per heavy atom. The minimum atomic E-state index is 0.267. The van der Waals surface area contributed by atoms with E-state index in [0.29, 0.717) is 5.92 Å². The minimum Gasteiger partial charge on any atom is -0.490 e. The summed E-state index contributed by atoms with van der Waals surface area (Å²) in [4.78, 5) is 0. The third-order valence-corrected chi connectivity index (χ3v) is 2.44. The van der Waals surface area contributed by atoms with E-state index < -0.39 is 0 Å². The molecule has 0 fully saturated rings. The van der Waals surface area contributed by atoms with Gasteiger partial charge in [0.15, 0.2) is 0 Å². The van der Waals surface area contributed by atoms with Crippen LogP contribution in [-0.2, 0) is 0 Å². The first kappa shape index (κ1) is 10.1. The summed E-state index contributed by atoms with van der Waals surface area (Å²) in [6.07, 6.45) is 1.41. The molecule has 1 aromatic rings. The van der Waals surface area contributed by atoms with Crippen LogP contribution in [-0.4, -0.2) is 6.10 Å². The molecule has 0 heterocycles. The molecule has 1 nitrogen and oxygen atoms in total. The second-order valence-electron chi connectivity index (χ2n) is 3.44. The fraction of sp³-hybridized carbons (Fsp3) is 0.500. The lowest BCUT2D eigenvalue weighted by atomic mass is 10.0. The molecule has 0 N–H and O–H groups in total. The van der Waals surface area contributed by atoms with Crippen molar-refractivity contribution in [2.45, 2.75) is 33.3 Å². The van der Waals surface area contributed by atoms with Crippen LogP contribution >= 0.6 is 0 Å². The predicted molar refractivity (Wildman–Crippen MR) is 54.8 cm³/mol. The molecule has 1 aromatic carbocycles. The topological polar surface area (TPSA) is 9.23 Å². The summed E-state index contributed by atoms with van der Waals surface area (Å²) in [6, 6.07) is 10.8. The van der Waals surface area contributed by atoms with Gasteiger partial charge in [-0.2, -0.15) is 0 Å². The van der Waals surface area contributed by atoms with Gasteiger partial charge in [0, 0.05) is 6.07 Å². The van der Waals surface area contributed by atoms with Crippen LogP contribution in [0.15, 0.2) is 24.3 Å². The lowest BCUT2D eigenvalue weighted by Crippen LogP contribution is -2.20. The van der Waals surface area contributed by atoms with Gasteiger partial charge in [0.05, 0.1) is 6.10 Å². The molecule has 0 spiro atoms. The lowest BCUT2D eigenvalue weighted by molar-refractivity contribution is 0.158. The van der Waals surface area contributed by atoms with Crippen LogP contribution in [0.5, 0.6) is 5.75 Å². The molecule has 2 unspecified atom stereocenters. The summed E-state index contributed by atoms with van der Waals surface area (Å²) in [7, 11) is 0. The van der Waals surface area contributed by atoms with Crippen molar-refractivity contribution in [3.63, 3.8) is 0 Å². The second kappa shape index (κ2) is 4.90. The van der Waals surface area contributed by atoms with Gasteiger partial charge in [-0.15, -0.1) is 0 Å². The van der Waals surface area contributed by atoms with Crippen molar-refractivity contribution in [3.05, 3.63) is 30.3 Å². The number of hydrogen-bond donors (Lipinski definition) is 0. The highest BCUT2D eigenvalue weighted by Crippen LogP contribution is 2.16. The first-order chi connectivity index (χ1) is 6.24. The van der Waals surface area contributed by atoms with E-state index >= 15 is 0 Å². The van der Waals surface area contributed by atoms with Crippen molar-refractivity contribution < 1.29 is 4.74 Å². The summed E-state index contributed by atoms with van der Waals surface area (Å²) in [6.45, 7) is 6.49. The first-order valence-corrected chi connectivity index (χ1v) is 4.87. The quantitative estimate of drug-likeness (QED) is 0.685. The molecular formula is C12H17O. The zero-order chi connectivity index (χ0) is 9.68. The van der Waals surface area contributed by atoms with Crippen molar-refractivity contribution in [1.82, 2.24) is 0 Å². The lowest BCUT2D eigenvalue weighted by Gasteiger charge is -2.19. The monoisotopic (exact) mass is 177 g/mol. The van der Waals surface area contributed by atoms with Crippen LogP contribution in [0.2, 0.25) is 0 Å². The van der Waals surface area contributed by atoms with Gasteiger partial charge < -0.3 is 4.74 Å².